The predicted molar refractivity (Wildman–Crippen MR) is 102 cm³/mol. The number of para-hydroxylation sites is 2. The Morgan fingerprint density at radius 3 is 2.76 bits per heavy atom. The summed E-state index contributed by atoms with van der Waals surface area (Å²) >= 11 is 6.59. The van der Waals surface area contributed by atoms with Crippen LogP contribution in [0.4, 0.5) is 18.9 Å². The minimum absolute atomic E-state index is 0.0170. The van der Waals surface area contributed by atoms with Crippen molar-refractivity contribution >= 4 is 35.0 Å². The van der Waals surface area contributed by atoms with Gasteiger partial charge in [0.1, 0.15) is 11.4 Å². The zero-order chi connectivity index (χ0) is 21.0. The molecule has 29 heavy (non-hydrogen) atoms. The Morgan fingerprint density at radius 1 is 1.28 bits per heavy atom. The molecule has 1 heterocycles. The zero-order valence-corrected chi connectivity index (χ0v) is 16.3. The van der Waals surface area contributed by atoms with Crippen molar-refractivity contribution in [2.75, 3.05) is 18.2 Å². The number of tetrazole rings is 1. The van der Waals surface area contributed by atoms with Crippen LogP contribution in [-0.4, -0.2) is 39.0 Å². The lowest BCUT2D eigenvalue weighted by Gasteiger charge is -2.12. The molecule has 152 valence electrons. The smallest absolute Gasteiger partial charge is 0.417 e. The van der Waals surface area contributed by atoms with Crippen molar-refractivity contribution in [1.82, 2.24) is 20.2 Å². The highest BCUT2D eigenvalue weighted by Crippen LogP contribution is 2.36. The average molecular weight is 444 g/mol. The van der Waals surface area contributed by atoms with Gasteiger partial charge in [0.05, 0.1) is 23.4 Å². The molecule has 0 bridgehead atoms. The minimum Gasteiger partial charge on any atom is -0.494 e. The quantitative estimate of drug-likeness (QED) is 0.578. The number of thioether (sulfide) groups is 1. The van der Waals surface area contributed by atoms with Gasteiger partial charge < -0.3 is 10.1 Å². The molecule has 2 aromatic carbocycles. The third kappa shape index (κ3) is 4.98. The zero-order valence-electron chi connectivity index (χ0n) is 14.8. The molecular formula is C17H13ClF3N5O2S. The van der Waals surface area contributed by atoms with Crippen LogP contribution >= 0.6 is 23.4 Å². The fourth-order valence-corrected chi connectivity index (χ4v) is 3.28. The fourth-order valence-electron chi connectivity index (χ4n) is 2.37. The second-order valence-corrected chi connectivity index (χ2v) is 6.92. The lowest BCUT2D eigenvalue weighted by atomic mass is 10.2. The molecule has 1 N–H and O–H groups in total. The summed E-state index contributed by atoms with van der Waals surface area (Å²) in [6.07, 6.45) is -4.62. The van der Waals surface area contributed by atoms with Crippen molar-refractivity contribution < 1.29 is 22.7 Å². The Labute approximate surface area is 172 Å². The molecule has 0 atom stereocenters. The van der Waals surface area contributed by atoms with Gasteiger partial charge in [-0.1, -0.05) is 35.5 Å². The molecule has 1 aromatic heterocycles. The van der Waals surface area contributed by atoms with Crippen LogP contribution in [0.1, 0.15) is 5.56 Å². The number of nitrogens with zero attached hydrogens (tertiary/aromatic N) is 4. The molecule has 1 amide bonds. The third-order valence-corrected chi connectivity index (χ3v) is 4.89. The molecular weight excluding hydrogens is 431 g/mol. The number of hydrogen-bond donors (Lipinski definition) is 1. The van der Waals surface area contributed by atoms with Gasteiger partial charge in [0.15, 0.2) is 0 Å². The van der Waals surface area contributed by atoms with Crippen molar-refractivity contribution in [2.45, 2.75) is 11.3 Å². The molecule has 0 spiro atoms. The van der Waals surface area contributed by atoms with E-state index >= 15 is 0 Å². The SMILES string of the molecule is COc1ccccc1-n1nnnc1SCC(=O)Nc1ccc(Cl)c(C(F)(F)F)c1. The second-order valence-electron chi connectivity index (χ2n) is 5.57. The van der Waals surface area contributed by atoms with Crippen LogP contribution < -0.4 is 10.1 Å². The van der Waals surface area contributed by atoms with E-state index in [-0.39, 0.29) is 11.4 Å². The molecule has 0 aliphatic rings. The van der Waals surface area contributed by atoms with Gasteiger partial charge in [0.2, 0.25) is 11.1 Å². The molecule has 3 aromatic rings. The van der Waals surface area contributed by atoms with Crippen molar-refractivity contribution in [3.05, 3.63) is 53.1 Å². The van der Waals surface area contributed by atoms with Gasteiger partial charge in [-0.3, -0.25) is 4.79 Å². The van der Waals surface area contributed by atoms with Gasteiger partial charge in [0, 0.05) is 5.69 Å². The highest BCUT2D eigenvalue weighted by atomic mass is 35.5. The number of carbonyl (C=O) groups is 1. The first-order valence-corrected chi connectivity index (χ1v) is 9.37. The number of amides is 1. The number of nitrogens with one attached hydrogen (secondary N) is 1. The Kier molecular flexibility index (Phi) is 6.28. The van der Waals surface area contributed by atoms with E-state index in [2.05, 4.69) is 20.8 Å². The van der Waals surface area contributed by atoms with Crippen molar-refractivity contribution in [3.63, 3.8) is 0 Å². The van der Waals surface area contributed by atoms with E-state index in [4.69, 9.17) is 16.3 Å². The summed E-state index contributed by atoms with van der Waals surface area (Å²) in [4.78, 5) is 12.2. The van der Waals surface area contributed by atoms with Gasteiger partial charge in [0.25, 0.3) is 0 Å². The molecule has 12 heteroatoms. The van der Waals surface area contributed by atoms with Gasteiger partial charge in [-0.2, -0.15) is 17.9 Å². The highest BCUT2D eigenvalue weighted by molar-refractivity contribution is 7.99. The van der Waals surface area contributed by atoms with Gasteiger partial charge >= 0.3 is 6.18 Å². The van der Waals surface area contributed by atoms with Crippen LogP contribution in [0.15, 0.2) is 47.6 Å². The Hall–Kier alpha value is -2.79. The Bertz CT molecular complexity index is 1030. The molecule has 0 unspecified atom stereocenters. The van der Waals surface area contributed by atoms with Gasteiger partial charge in [-0.05, 0) is 40.8 Å². The maximum Gasteiger partial charge on any atom is 0.417 e. The van der Waals surface area contributed by atoms with Crippen LogP contribution in [0.3, 0.4) is 0 Å². The summed E-state index contributed by atoms with van der Waals surface area (Å²) < 4.78 is 45.5. The predicted octanol–water partition coefficient (Wildman–Crippen LogP) is 4.07. The van der Waals surface area contributed by atoms with E-state index in [1.54, 1.807) is 24.3 Å². The van der Waals surface area contributed by atoms with E-state index in [0.29, 0.717) is 16.6 Å². The highest BCUT2D eigenvalue weighted by Gasteiger charge is 2.33. The van der Waals surface area contributed by atoms with Crippen LogP contribution in [0, 0.1) is 0 Å². The molecule has 3 rings (SSSR count). The van der Waals surface area contributed by atoms with E-state index in [1.807, 2.05) is 0 Å². The van der Waals surface area contributed by atoms with Crippen LogP contribution in [0.5, 0.6) is 5.75 Å². The molecule has 0 saturated carbocycles. The summed E-state index contributed by atoms with van der Waals surface area (Å²) in [5.74, 6) is -0.119. The van der Waals surface area contributed by atoms with Crippen LogP contribution in [0.25, 0.3) is 5.69 Å². The number of methoxy groups -OCH3 is 1. The summed E-state index contributed by atoms with van der Waals surface area (Å²) in [6, 6.07) is 10.2. The average Bonchev–Trinajstić information content (AvgIpc) is 3.15. The standard InChI is InChI=1S/C17H13ClF3N5O2S/c1-28-14-5-3-2-4-13(14)26-16(23-24-25-26)29-9-15(27)22-10-6-7-12(18)11(8-10)17(19,20)21/h2-8H,9H2,1H3,(H,22,27). The molecule has 7 nitrogen and oxygen atoms in total. The first-order chi connectivity index (χ1) is 13.8. The molecule has 0 aliphatic carbocycles. The largest absolute Gasteiger partial charge is 0.494 e. The maximum atomic E-state index is 12.9. The van der Waals surface area contributed by atoms with E-state index in [1.165, 1.54) is 17.9 Å². The second kappa shape index (κ2) is 8.70. The topological polar surface area (TPSA) is 81.9 Å². The summed E-state index contributed by atoms with van der Waals surface area (Å²) in [5.41, 5.74) is -0.461. The third-order valence-electron chi connectivity index (χ3n) is 3.64. The summed E-state index contributed by atoms with van der Waals surface area (Å²) in [5, 5.41) is 13.6. The molecule has 0 aliphatic heterocycles. The first kappa shape index (κ1) is 20.9. The minimum atomic E-state index is -4.62. The lowest BCUT2D eigenvalue weighted by molar-refractivity contribution is -0.137. The van der Waals surface area contributed by atoms with Gasteiger partial charge in [-0.25, -0.2) is 0 Å². The monoisotopic (exact) mass is 443 g/mol. The number of alkyl halides is 3. The number of hydrogen-bond acceptors (Lipinski definition) is 6. The van der Waals surface area contributed by atoms with E-state index in [9.17, 15) is 18.0 Å². The first-order valence-electron chi connectivity index (χ1n) is 8.00. The summed E-state index contributed by atoms with van der Waals surface area (Å²) in [6.45, 7) is 0. The van der Waals surface area contributed by atoms with E-state index in [0.717, 1.165) is 23.9 Å². The molecule has 0 fully saturated rings. The number of anilines is 1. The number of rotatable bonds is 6. The normalized spacial score (nSPS) is 11.3. The van der Waals surface area contributed by atoms with Crippen molar-refractivity contribution in [2.24, 2.45) is 0 Å². The van der Waals surface area contributed by atoms with Gasteiger partial charge in [-0.15, -0.1) is 5.10 Å². The van der Waals surface area contributed by atoms with Crippen LogP contribution in [-0.2, 0) is 11.0 Å². The van der Waals surface area contributed by atoms with Crippen LogP contribution in [0.2, 0.25) is 5.02 Å². The number of halogens is 4. The Morgan fingerprint density at radius 2 is 2.03 bits per heavy atom. The lowest BCUT2D eigenvalue weighted by Crippen LogP contribution is -2.15. The number of benzene rings is 2. The van der Waals surface area contributed by atoms with Crippen molar-refractivity contribution in [1.29, 1.82) is 0 Å². The molecule has 0 saturated heterocycles. The number of ether oxygens (including phenoxy) is 1. The Balaban J connectivity index is 1.69. The van der Waals surface area contributed by atoms with E-state index < -0.39 is 22.7 Å². The number of aromatic nitrogens is 4. The number of carbonyl (C=O) groups excluding carboxylic acids is 1. The molecule has 0 radical (unpaired) electrons. The maximum absolute atomic E-state index is 12.9. The summed E-state index contributed by atoms with van der Waals surface area (Å²) in [7, 11) is 1.50. The van der Waals surface area contributed by atoms with Crippen molar-refractivity contribution in [3.8, 4) is 11.4 Å². The fraction of sp³-hybridized carbons (Fsp3) is 0.176.